The molecular formula is C22H27ClN4O2. The number of hydrogen-bond donors (Lipinski definition) is 0. The quantitative estimate of drug-likeness (QED) is 0.455. The van der Waals surface area contributed by atoms with Crippen molar-refractivity contribution in [2.45, 2.75) is 32.4 Å². The van der Waals surface area contributed by atoms with Crippen LogP contribution < -0.4 is 4.90 Å². The Bertz CT molecular complexity index is 899. The first-order valence-electron chi connectivity index (χ1n) is 9.36. The van der Waals surface area contributed by atoms with Gasteiger partial charge in [0.05, 0.1) is 11.7 Å². The molecule has 0 aliphatic carbocycles. The third-order valence-electron chi connectivity index (χ3n) is 4.79. The summed E-state index contributed by atoms with van der Waals surface area (Å²) < 4.78 is 0. The molecule has 2 aromatic rings. The highest BCUT2D eigenvalue weighted by Crippen LogP contribution is 2.34. The lowest BCUT2D eigenvalue weighted by Gasteiger charge is -2.31. The van der Waals surface area contributed by atoms with Gasteiger partial charge in [-0.25, -0.2) is 4.98 Å². The first-order valence-corrected chi connectivity index (χ1v) is 9.73. The Balaban J connectivity index is 2.57. The van der Waals surface area contributed by atoms with Gasteiger partial charge in [0.15, 0.2) is 16.7 Å². The van der Waals surface area contributed by atoms with E-state index in [2.05, 4.69) is 16.5 Å². The van der Waals surface area contributed by atoms with Crippen LogP contribution in [0.15, 0.2) is 48.9 Å². The summed E-state index contributed by atoms with van der Waals surface area (Å²) in [5.41, 5.74) is 2.50. The second kappa shape index (κ2) is 9.76. The van der Waals surface area contributed by atoms with Crippen LogP contribution in [-0.4, -0.2) is 47.6 Å². The minimum Gasteiger partial charge on any atom is -0.358 e. The second-order valence-electron chi connectivity index (χ2n) is 7.20. The Hall–Kier alpha value is -2.57. The zero-order chi connectivity index (χ0) is 21.7. The summed E-state index contributed by atoms with van der Waals surface area (Å²) in [7, 11) is 5.48. The first kappa shape index (κ1) is 22.7. The van der Waals surface area contributed by atoms with Crippen molar-refractivity contribution in [3.8, 4) is 0 Å². The number of aromatic nitrogens is 2. The zero-order valence-corrected chi connectivity index (χ0v) is 18.3. The van der Waals surface area contributed by atoms with Crippen molar-refractivity contribution in [2.75, 3.05) is 26.0 Å². The maximum Gasteiger partial charge on any atom is 0.184 e. The minimum absolute atomic E-state index is 0.0800. The molecule has 2 aromatic heterocycles. The van der Waals surface area contributed by atoms with E-state index < -0.39 is 12.1 Å². The molecule has 0 N–H and O–H groups in total. The van der Waals surface area contributed by atoms with Crippen LogP contribution >= 0.6 is 11.6 Å². The van der Waals surface area contributed by atoms with E-state index in [1.54, 1.807) is 49.6 Å². The van der Waals surface area contributed by atoms with Crippen molar-refractivity contribution >= 4 is 28.9 Å². The highest BCUT2D eigenvalue weighted by molar-refractivity contribution is 6.32. The Labute approximate surface area is 177 Å². The standard InChI is InChI=1S/C22H27ClN4O2/c1-7-18(28)19(26(4)5)16-12-17(22(23)25-13-16)27(6)20(21(29)14(2)3)15-8-10-24-11-9-15/h8-13,19-20H,2,7H2,1,3-6H3. The van der Waals surface area contributed by atoms with E-state index in [-0.39, 0.29) is 16.7 Å². The molecule has 0 fully saturated rings. The SMILES string of the molecule is C=C(C)C(=O)C(c1ccncc1)N(C)c1cc(C(C(=O)CC)N(C)C)cnc1Cl. The molecule has 2 atom stereocenters. The van der Waals surface area contributed by atoms with Crippen molar-refractivity contribution in [3.63, 3.8) is 0 Å². The number of ketones is 2. The van der Waals surface area contributed by atoms with Crippen molar-refractivity contribution in [1.29, 1.82) is 0 Å². The topological polar surface area (TPSA) is 66.4 Å². The van der Waals surface area contributed by atoms with E-state index in [0.29, 0.717) is 17.7 Å². The van der Waals surface area contributed by atoms with Gasteiger partial charge < -0.3 is 4.90 Å². The minimum atomic E-state index is -0.635. The van der Waals surface area contributed by atoms with Gasteiger partial charge in [-0.1, -0.05) is 25.1 Å². The van der Waals surface area contributed by atoms with Crippen LogP contribution in [0.25, 0.3) is 0 Å². The lowest BCUT2D eigenvalue weighted by molar-refractivity contribution is -0.123. The number of carbonyl (C=O) groups excluding carboxylic acids is 2. The monoisotopic (exact) mass is 414 g/mol. The number of Topliss-reactive ketones (excluding diaryl/α,β-unsaturated/α-hetero) is 2. The van der Waals surface area contributed by atoms with E-state index in [1.165, 1.54) is 0 Å². The summed E-state index contributed by atoms with van der Waals surface area (Å²) in [6.07, 6.45) is 5.30. The van der Waals surface area contributed by atoms with Crippen molar-refractivity contribution in [1.82, 2.24) is 14.9 Å². The number of likely N-dealkylation sites (N-methyl/N-ethyl adjacent to an activating group) is 2. The predicted octanol–water partition coefficient (Wildman–Crippen LogP) is 4.03. The fraction of sp³-hybridized carbons (Fsp3) is 0.364. The molecule has 7 heteroatoms. The van der Waals surface area contributed by atoms with Gasteiger partial charge in [0, 0.05) is 32.1 Å². The molecule has 6 nitrogen and oxygen atoms in total. The summed E-state index contributed by atoms with van der Waals surface area (Å²) in [4.78, 5) is 37.4. The number of carbonyl (C=O) groups is 2. The van der Waals surface area contributed by atoms with Crippen molar-refractivity contribution in [2.24, 2.45) is 0 Å². The van der Waals surface area contributed by atoms with Crippen LogP contribution in [0.4, 0.5) is 5.69 Å². The lowest BCUT2D eigenvalue weighted by atomic mass is 9.97. The van der Waals surface area contributed by atoms with Gasteiger partial charge >= 0.3 is 0 Å². The molecule has 0 saturated carbocycles. The Kier molecular flexibility index (Phi) is 7.65. The molecule has 0 saturated heterocycles. The van der Waals surface area contributed by atoms with Gasteiger partial charge in [0.2, 0.25) is 0 Å². The molecule has 0 aliphatic rings. The van der Waals surface area contributed by atoms with Gasteiger partial charge in [-0.2, -0.15) is 0 Å². The summed E-state index contributed by atoms with van der Waals surface area (Å²) in [5, 5.41) is 0.256. The summed E-state index contributed by atoms with van der Waals surface area (Å²) >= 11 is 6.41. The van der Waals surface area contributed by atoms with Crippen molar-refractivity contribution < 1.29 is 9.59 Å². The van der Waals surface area contributed by atoms with Gasteiger partial charge in [0.1, 0.15) is 6.04 Å². The Morgan fingerprint density at radius 1 is 1.14 bits per heavy atom. The average molecular weight is 415 g/mol. The molecule has 2 unspecified atom stereocenters. The van der Waals surface area contributed by atoms with Crippen LogP contribution in [0, 0.1) is 0 Å². The normalized spacial score (nSPS) is 13.1. The molecule has 0 spiro atoms. The Morgan fingerprint density at radius 2 is 1.76 bits per heavy atom. The Morgan fingerprint density at radius 3 is 2.28 bits per heavy atom. The molecule has 0 amide bonds. The highest BCUT2D eigenvalue weighted by Gasteiger charge is 2.29. The van der Waals surface area contributed by atoms with Gasteiger partial charge in [-0.05, 0) is 55.9 Å². The molecule has 29 heavy (non-hydrogen) atoms. The van der Waals surface area contributed by atoms with E-state index in [9.17, 15) is 9.59 Å². The molecule has 0 radical (unpaired) electrons. The van der Waals surface area contributed by atoms with Crippen LogP contribution in [0.2, 0.25) is 5.15 Å². The highest BCUT2D eigenvalue weighted by atomic mass is 35.5. The van der Waals surface area contributed by atoms with Crippen LogP contribution in [-0.2, 0) is 9.59 Å². The maximum atomic E-state index is 13.0. The predicted molar refractivity (Wildman–Crippen MR) is 116 cm³/mol. The fourth-order valence-electron chi connectivity index (χ4n) is 3.28. The van der Waals surface area contributed by atoms with Gasteiger partial charge in [-0.15, -0.1) is 0 Å². The molecule has 0 aromatic carbocycles. The maximum absolute atomic E-state index is 13.0. The molecule has 2 heterocycles. The van der Waals surface area contributed by atoms with Gasteiger partial charge in [-0.3, -0.25) is 19.5 Å². The fourth-order valence-corrected chi connectivity index (χ4v) is 3.52. The number of nitrogens with zero attached hydrogens (tertiary/aromatic N) is 4. The second-order valence-corrected chi connectivity index (χ2v) is 7.56. The van der Waals surface area contributed by atoms with E-state index in [1.807, 2.05) is 32.0 Å². The summed E-state index contributed by atoms with van der Waals surface area (Å²) in [5.74, 6) is -0.0506. The number of pyridine rings is 2. The van der Waals surface area contributed by atoms with E-state index >= 15 is 0 Å². The molecule has 0 bridgehead atoms. The number of rotatable bonds is 9. The number of anilines is 1. The number of hydrogen-bond acceptors (Lipinski definition) is 6. The molecular weight excluding hydrogens is 388 g/mol. The summed E-state index contributed by atoms with van der Waals surface area (Å²) in [6, 6.07) is 4.33. The van der Waals surface area contributed by atoms with Gasteiger partial charge in [0.25, 0.3) is 0 Å². The third-order valence-corrected chi connectivity index (χ3v) is 5.08. The smallest absolute Gasteiger partial charge is 0.184 e. The summed E-state index contributed by atoms with van der Waals surface area (Å²) in [6.45, 7) is 7.33. The largest absolute Gasteiger partial charge is 0.358 e. The molecule has 2 rings (SSSR count). The number of halogens is 1. The van der Waals surface area contributed by atoms with Crippen molar-refractivity contribution in [3.05, 3.63) is 65.2 Å². The third kappa shape index (κ3) is 5.08. The van der Waals surface area contributed by atoms with Crippen LogP contribution in [0.1, 0.15) is 43.5 Å². The van der Waals surface area contributed by atoms with E-state index in [0.717, 1.165) is 11.1 Å². The lowest BCUT2D eigenvalue weighted by Crippen LogP contribution is -2.32. The first-order chi connectivity index (χ1) is 13.7. The van der Waals surface area contributed by atoms with Crippen LogP contribution in [0.3, 0.4) is 0 Å². The zero-order valence-electron chi connectivity index (χ0n) is 17.5. The molecule has 154 valence electrons. The molecule has 0 aliphatic heterocycles. The van der Waals surface area contributed by atoms with Crippen LogP contribution in [0.5, 0.6) is 0 Å². The average Bonchev–Trinajstić information content (AvgIpc) is 2.69. The van der Waals surface area contributed by atoms with E-state index in [4.69, 9.17) is 11.6 Å².